The highest BCUT2D eigenvalue weighted by molar-refractivity contribution is 6.00. The second-order valence-electron chi connectivity index (χ2n) is 4.35. The fourth-order valence-corrected chi connectivity index (χ4v) is 1.67. The van der Waals surface area contributed by atoms with Crippen LogP contribution in [0.4, 0.5) is 13.2 Å². The minimum atomic E-state index is -4.92. The molecule has 1 rings (SSSR count). The average molecular weight is 291 g/mol. The maximum Gasteiger partial charge on any atom is 0.454 e. The second-order valence-corrected chi connectivity index (χ2v) is 4.35. The molecule has 0 aliphatic heterocycles. The Balaban J connectivity index is 2.78. The molecule has 0 amide bonds. The van der Waals surface area contributed by atoms with Crippen molar-refractivity contribution in [2.24, 2.45) is 0 Å². The van der Waals surface area contributed by atoms with Crippen LogP contribution in [0.2, 0.25) is 0 Å². The van der Waals surface area contributed by atoms with Gasteiger partial charge in [-0.1, -0.05) is 24.3 Å². The van der Waals surface area contributed by atoms with Crippen molar-refractivity contribution in [2.75, 3.05) is 13.6 Å². The highest BCUT2D eigenvalue weighted by atomic mass is 19.4. The molecule has 3 N–H and O–H groups in total. The van der Waals surface area contributed by atoms with E-state index in [4.69, 9.17) is 0 Å². The molecule has 112 valence electrons. The first kappa shape index (κ1) is 16.6. The van der Waals surface area contributed by atoms with Crippen LogP contribution >= 0.6 is 0 Å². The lowest BCUT2D eigenvalue weighted by Crippen LogP contribution is -2.24. The number of alkyl halides is 3. The van der Waals surface area contributed by atoms with Gasteiger partial charge in [-0.3, -0.25) is 4.79 Å². The maximum absolute atomic E-state index is 12.2. The van der Waals surface area contributed by atoms with Crippen LogP contribution in [0.3, 0.4) is 0 Å². The summed E-state index contributed by atoms with van der Waals surface area (Å²) >= 11 is 0. The quantitative estimate of drug-likeness (QED) is 0.694. The van der Waals surface area contributed by atoms with Crippen molar-refractivity contribution in [1.82, 2.24) is 5.32 Å². The van der Waals surface area contributed by atoms with Crippen LogP contribution in [0.5, 0.6) is 0 Å². The number of aliphatic hydroxyl groups excluding tert-OH is 2. The molecule has 0 aromatic heterocycles. The first-order valence-corrected chi connectivity index (χ1v) is 5.99. The molecule has 0 heterocycles. The van der Waals surface area contributed by atoms with Gasteiger partial charge < -0.3 is 15.5 Å². The first-order valence-electron chi connectivity index (χ1n) is 5.99. The van der Waals surface area contributed by atoms with Gasteiger partial charge in [0.1, 0.15) is 6.10 Å². The van der Waals surface area contributed by atoms with E-state index in [0.717, 1.165) is 12.1 Å². The fraction of sp³-hybridized carbons (Fsp3) is 0.462. The smallest absolute Gasteiger partial charge is 0.390 e. The Labute approximate surface area is 114 Å². The monoisotopic (exact) mass is 291 g/mol. The molecular formula is C13H16F3NO3. The molecule has 2 unspecified atom stereocenters. The van der Waals surface area contributed by atoms with Gasteiger partial charge in [-0.25, -0.2) is 0 Å². The van der Waals surface area contributed by atoms with Crippen molar-refractivity contribution in [3.05, 3.63) is 35.4 Å². The van der Waals surface area contributed by atoms with Crippen molar-refractivity contribution in [2.45, 2.75) is 24.8 Å². The van der Waals surface area contributed by atoms with E-state index >= 15 is 0 Å². The number of aliphatic hydroxyl groups is 2. The lowest BCUT2D eigenvalue weighted by atomic mass is 9.99. The number of rotatable bonds is 6. The highest BCUT2D eigenvalue weighted by Gasteiger charge is 2.39. The van der Waals surface area contributed by atoms with E-state index in [1.165, 1.54) is 12.1 Å². The lowest BCUT2D eigenvalue weighted by molar-refractivity contribution is -0.0885. The molecule has 0 aliphatic rings. The molecule has 4 nitrogen and oxygen atoms in total. The fourth-order valence-electron chi connectivity index (χ4n) is 1.67. The number of carbonyl (C=O) groups excluding carboxylic acids is 1. The van der Waals surface area contributed by atoms with Crippen LogP contribution in [0.25, 0.3) is 0 Å². The third-order valence-corrected chi connectivity index (χ3v) is 2.83. The van der Waals surface area contributed by atoms with E-state index in [9.17, 15) is 28.2 Å². The second kappa shape index (κ2) is 6.83. The predicted molar refractivity (Wildman–Crippen MR) is 66.3 cm³/mol. The zero-order valence-corrected chi connectivity index (χ0v) is 10.8. The summed E-state index contributed by atoms with van der Waals surface area (Å²) in [4.78, 5) is 11.0. The number of carbonyl (C=O) groups is 1. The number of benzene rings is 1. The molecule has 1 aromatic rings. The summed E-state index contributed by atoms with van der Waals surface area (Å²) in [6, 6.07) is 4.37. The number of Topliss-reactive ketones (excluding diaryl/α,β-unsaturated/α-hetero) is 1. The van der Waals surface area contributed by atoms with Crippen LogP contribution in [0.15, 0.2) is 24.3 Å². The molecular weight excluding hydrogens is 275 g/mol. The standard InChI is InChI=1S/C13H16F3NO3/c1-17-7-6-10(18)11(19)8-2-4-9(5-3-8)12(20)13(14,15)16/h2-5,10-11,17-19H,6-7H2,1H3. The summed E-state index contributed by atoms with van der Waals surface area (Å²) < 4.78 is 36.6. The Hall–Kier alpha value is -1.44. The molecule has 1 aromatic carbocycles. The average Bonchev–Trinajstić information content (AvgIpc) is 2.42. The maximum atomic E-state index is 12.2. The minimum Gasteiger partial charge on any atom is -0.390 e. The normalized spacial score (nSPS) is 14.9. The van der Waals surface area contributed by atoms with Crippen LogP contribution in [-0.4, -0.2) is 41.9 Å². The zero-order valence-electron chi connectivity index (χ0n) is 10.8. The van der Waals surface area contributed by atoms with Crippen LogP contribution in [0.1, 0.15) is 28.4 Å². The van der Waals surface area contributed by atoms with E-state index in [2.05, 4.69) is 5.32 Å². The van der Waals surface area contributed by atoms with Crippen molar-refractivity contribution in [1.29, 1.82) is 0 Å². The molecule has 7 heteroatoms. The highest BCUT2D eigenvalue weighted by Crippen LogP contribution is 2.24. The summed E-state index contributed by atoms with van der Waals surface area (Å²) in [5, 5.41) is 22.3. The Morgan fingerprint density at radius 1 is 1.25 bits per heavy atom. The predicted octanol–water partition coefficient (Wildman–Crippen LogP) is 1.44. The Bertz CT molecular complexity index is 445. The SMILES string of the molecule is CNCCC(O)C(O)c1ccc(C(=O)C(F)(F)F)cc1. The van der Waals surface area contributed by atoms with Crippen LogP contribution in [-0.2, 0) is 0 Å². The van der Waals surface area contributed by atoms with Gasteiger partial charge in [-0.15, -0.1) is 0 Å². The molecule has 0 radical (unpaired) electrons. The van der Waals surface area contributed by atoms with Crippen molar-refractivity contribution < 1.29 is 28.2 Å². The van der Waals surface area contributed by atoms with Gasteiger partial charge in [-0.2, -0.15) is 13.2 Å². The third-order valence-electron chi connectivity index (χ3n) is 2.83. The zero-order chi connectivity index (χ0) is 15.3. The summed E-state index contributed by atoms with van der Waals surface area (Å²) in [6.07, 6.45) is -6.88. The van der Waals surface area contributed by atoms with E-state index in [0.29, 0.717) is 13.0 Å². The Kier molecular flexibility index (Phi) is 5.67. The lowest BCUT2D eigenvalue weighted by Gasteiger charge is -2.18. The van der Waals surface area contributed by atoms with Crippen LogP contribution < -0.4 is 5.32 Å². The summed E-state index contributed by atoms with van der Waals surface area (Å²) in [7, 11) is 1.69. The van der Waals surface area contributed by atoms with E-state index in [1.54, 1.807) is 7.05 Å². The summed E-state index contributed by atoms with van der Waals surface area (Å²) in [5.41, 5.74) is -0.245. The van der Waals surface area contributed by atoms with Gasteiger partial charge in [0.05, 0.1) is 6.10 Å². The number of halogens is 3. The number of nitrogens with one attached hydrogen (secondary N) is 1. The number of hydrogen-bond donors (Lipinski definition) is 3. The molecule has 0 spiro atoms. The molecule has 0 fully saturated rings. The van der Waals surface area contributed by atoms with Gasteiger partial charge in [0.25, 0.3) is 5.78 Å². The van der Waals surface area contributed by atoms with Gasteiger partial charge in [0.15, 0.2) is 0 Å². The van der Waals surface area contributed by atoms with E-state index in [1.807, 2.05) is 0 Å². The van der Waals surface area contributed by atoms with E-state index < -0.39 is 29.7 Å². The van der Waals surface area contributed by atoms with Gasteiger partial charge in [-0.05, 0) is 25.6 Å². The molecule has 20 heavy (non-hydrogen) atoms. The molecule has 0 saturated heterocycles. The Morgan fingerprint density at radius 2 is 1.80 bits per heavy atom. The van der Waals surface area contributed by atoms with Crippen molar-refractivity contribution in [3.8, 4) is 0 Å². The molecule has 2 atom stereocenters. The molecule has 0 aliphatic carbocycles. The number of ketones is 1. The molecule has 0 bridgehead atoms. The first-order chi connectivity index (χ1) is 9.27. The van der Waals surface area contributed by atoms with Crippen LogP contribution in [0, 0.1) is 0 Å². The summed E-state index contributed by atoms with van der Waals surface area (Å²) in [6.45, 7) is 0.489. The van der Waals surface area contributed by atoms with Crippen molar-refractivity contribution >= 4 is 5.78 Å². The van der Waals surface area contributed by atoms with Gasteiger partial charge >= 0.3 is 6.18 Å². The third kappa shape index (κ3) is 4.29. The Morgan fingerprint density at radius 3 is 2.25 bits per heavy atom. The number of hydrogen-bond acceptors (Lipinski definition) is 4. The topological polar surface area (TPSA) is 69.6 Å². The van der Waals surface area contributed by atoms with E-state index in [-0.39, 0.29) is 5.56 Å². The van der Waals surface area contributed by atoms with Gasteiger partial charge in [0, 0.05) is 5.56 Å². The molecule has 0 saturated carbocycles. The minimum absolute atomic E-state index is 0.257. The largest absolute Gasteiger partial charge is 0.454 e. The summed E-state index contributed by atoms with van der Waals surface area (Å²) in [5.74, 6) is -1.94. The van der Waals surface area contributed by atoms with Crippen molar-refractivity contribution in [3.63, 3.8) is 0 Å². The van der Waals surface area contributed by atoms with Gasteiger partial charge in [0.2, 0.25) is 0 Å².